The van der Waals surface area contributed by atoms with Gasteiger partial charge >= 0.3 is 6.09 Å². The molecule has 0 saturated carbocycles. The molecular weight excluding hydrogens is 366 g/mol. The molecule has 0 bridgehead atoms. The molecule has 2 aromatic rings. The number of benzene rings is 2. The Morgan fingerprint density at radius 1 is 1.10 bits per heavy atom. The first kappa shape index (κ1) is 20.8. The van der Waals surface area contributed by atoms with Crippen LogP contribution in [0.15, 0.2) is 72.2 Å². The maximum atomic E-state index is 12.4. The minimum Gasteiger partial charge on any atom is -0.481 e. The lowest BCUT2D eigenvalue weighted by molar-refractivity contribution is 0.0212. The van der Waals surface area contributed by atoms with E-state index in [0.717, 1.165) is 16.7 Å². The Labute approximate surface area is 172 Å². The van der Waals surface area contributed by atoms with Crippen molar-refractivity contribution in [2.24, 2.45) is 0 Å². The fourth-order valence-electron chi connectivity index (χ4n) is 3.42. The molecule has 5 nitrogen and oxygen atoms in total. The van der Waals surface area contributed by atoms with E-state index in [4.69, 9.17) is 9.47 Å². The number of rotatable bonds is 6. The lowest BCUT2D eigenvalue weighted by Gasteiger charge is -2.27. The number of ether oxygens (including phenoxy) is 2. The van der Waals surface area contributed by atoms with Crippen LogP contribution in [0.2, 0.25) is 0 Å². The van der Waals surface area contributed by atoms with Crippen LogP contribution < -0.4 is 5.32 Å². The molecule has 1 heterocycles. The molecule has 2 aromatic carbocycles. The van der Waals surface area contributed by atoms with E-state index in [1.165, 1.54) is 0 Å². The lowest BCUT2D eigenvalue weighted by atomic mass is 9.95. The topological polar surface area (TPSA) is 67.8 Å². The largest absolute Gasteiger partial charge is 0.481 e. The predicted molar refractivity (Wildman–Crippen MR) is 113 cm³/mol. The highest BCUT2D eigenvalue weighted by molar-refractivity contribution is 5.68. The summed E-state index contributed by atoms with van der Waals surface area (Å²) in [6, 6.07) is 19.5. The summed E-state index contributed by atoms with van der Waals surface area (Å²) in [5, 5.41) is 13.3. The highest BCUT2D eigenvalue weighted by Crippen LogP contribution is 2.29. The predicted octanol–water partition coefficient (Wildman–Crippen LogP) is 4.92. The van der Waals surface area contributed by atoms with Crippen molar-refractivity contribution in [3.63, 3.8) is 0 Å². The van der Waals surface area contributed by atoms with Gasteiger partial charge in [-0.15, -0.1) is 0 Å². The van der Waals surface area contributed by atoms with E-state index in [1.54, 1.807) is 0 Å². The number of aliphatic hydroxyl groups excluding tert-OH is 1. The number of amides is 1. The summed E-state index contributed by atoms with van der Waals surface area (Å²) in [7, 11) is 0. The van der Waals surface area contributed by atoms with Crippen molar-refractivity contribution in [3.8, 4) is 0 Å². The van der Waals surface area contributed by atoms with Crippen molar-refractivity contribution >= 4 is 6.09 Å². The number of nitrogens with one attached hydrogen (secondary N) is 1. The fraction of sp³-hybridized carbons (Fsp3) is 0.375. The molecule has 29 heavy (non-hydrogen) atoms. The van der Waals surface area contributed by atoms with Crippen LogP contribution in [0.3, 0.4) is 0 Å². The Morgan fingerprint density at radius 2 is 1.69 bits per heavy atom. The van der Waals surface area contributed by atoms with Crippen molar-refractivity contribution < 1.29 is 19.4 Å². The summed E-state index contributed by atoms with van der Waals surface area (Å²) < 4.78 is 11.2. The molecule has 0 aromatic heterocycles. The van der Waals surface area contributed by atoms with Gasteiger partial charge in [-0.1, -0.05) is 60.7 Å². The zero-order chi connectivity index (χ0) is 20.9. The van der Waals surface area contributed by atoms with Crippen LogP contribution in [0.5, 0.6) is 0 Å². The molecule has 0 unspecified atom stereocenters. The summed E-state index contributed by atoms with van der Waals surface area (Å²) in [6.07, 6.45) is 0.901. The Morgan fingerprint density at radius 3 is 2.28 bits per heavy atom. The van der Waals surface area contributed by atoms with Gasteiger partial charge in [0.15, 0.2) is 0 Å². The van der Waals surface area contributed by atoms with E-state index >= 15 is 0 Å². The van der Waals surface area contributed by atoms with Crippen molar-refractivity contribution in [1.82, 2.24) is 5.32 Å². The first-order valence-electron chi connectivity index (χ1n) is 9.95. The number of aliphatic hydroxyl groups is 1. The molecule has 5 heteroatoms. The van der Waals surface area contributed by atoms with Gasteiger partial charge in [-0.2, -0.15) is 0 Å². The highest BCUT2D eigenvalue weighted by Gasteiger charge is 2.34. The Balaban J connectivity index is 1.71. The molecular formula is C24H29NO4. The minimum atomic E-state index is -0.587. The van der Waals surface area contributed by atoms with Crippen LogP contribution in [-0.2, 0) is 22.3 Å². The van der Waals surface area contributed by atoms with Gasteiger partial charge < -0.3 is 19.9 Å². The molecule has 2 N–H and O–H groups in total. The van der Waals surface area contributed by atoms with Gasteiger partial charge in [-0.25, -0.2) is 4.79 Å². The van der Waals surface area contributed by atoms with E-state index in [9.17, 15) is 9.90 Å². The van der Waals surface area contributed by atoms with Crippen molar-refractivity contribution in [2.45, 2.75) is 57.8 Å². The third kappa shape index (κ3) is 6.28. The molecule has 3 rings (SSSR count). The first-order chi connectivity index (χ1) is 13.8. The number of carbonyl (C=O) groups is 1. The molecule has 154 valence electrons. The zero-order valence-corrected chi connectivity index (χ0v) is 17.2. The molecule has 0 spiro atoms. The summed E-state index contributed by atoms with van der Waals surface area (Å²) in [5.41, 5.74) is 2.44. The van der Waals surface area contributed by atoms with Gasteiger partial charge in [0.05, 0.1) is 6.04 Å². The highest BCUT2D eigenvalue weighted by atomic mass is 16.6. The monoisotopic (exact) mass is 395 g/mol. The second kappa shape index (κ2) is 9.03. The van der Waals surface area contributed by atoms with Crippen LogP contribution >= 0.6 is 0 Å². The third-order valence-electron chi connectivity index (χ3n) is 4.72. The number of hydrogen-bond donors (Lipinski definition) is 2. The maximum Gasteiger partial charge on any atom is 0.408 e. The van der Waals surface area contributed by atoms with E-state index in [1.807, 2.05) is 81.4 Å². The van der Waals surface area contributed by atoms with E-state index < -0.39 is 11.7 Å². The van der Waals surface area contributed by atoms with Gasteiger partial charge in [-0.05, 0) is 38.3 Å². The Bertz CT molecular complexity index is 840. The van der Waals surface area contributed by atoms with Crippen molar-refractivity contribution in [2.75, 3.05) is 0 Å². The van der Waals surface area contributed by atoms with Gasteiger partial charge in [0.2, 0.25) is 0 Å². The van der Waals surface area contributed by atoms with Gasteiger partial charge in [-0.3, -0.25) is 0 Å². The standard InChI is InChI=1S/C24H29NO4/c1-24(2,3)29-23(27)25-20(15-18-12-8-5-9-13-18)21-16-19(22(26)28-21)14-17-10-6-4-7-11-17/h4-13,20-21,26H,14-16H2,1-3H3,(H,25,27)/t20-,21-/m0/s1. The van der Waals surface area contributed by atoms with E-state index in [2.05, 4.69) is 5.32 Å². The van der Waals surface area contributed by atoms with Gasteiger partial charge in [0, 0.05) is 18.4 Å². The van der Waals surface area contributed by atoms with Crippen LogP contribution in [0, 0.1) is 0 Å². The third-order valence-corrected chi connectivity index (χ3v) is 4.72. The molecule has 0 saturated heterocycles. The van der Waals surface area contributed by atoms with Gasteiger partial charge in [0.1, 0.15) is 11.7 Å². The lowest BCUT2D eigenvalue weighted by Crippen LogP contribution is -2.46. The molecule has 2 atom stereocenters. The van der Waals surface area contributed by atoms with Crippen molar-refractivity contribution in [1.29, 1.82) is 0 Å². The summed E-state index contributed by atoms with van der Waals surface area (Å²) >= 11 is 0. The number of carbonyl (C=O) groups excluding carboxylic acids is 1. The van der Waals surface area contributed by atoms with Gasteiger partial charge in [0.25, 0.3) is 5.95 Å². The molecule has 0 radical (unpaired) electrons. The average molecular weight is 395 g/mol. The summed E-state index contributed by atoms with van der Waals surface area (Å²) in [6.45, 7) is 5.49. The second-order valence-electron chi connectivity index (χ2n) is 8.37. The molecule has 1 amide bonds. The molecule has 0 aliphatic carbocycles. The smallest absolute Gasteiger partial charge is 0.408 e. The summed E-state index contributed by atoms with van der Waals surface area (Å²) in [5.74, 6) is -0.0390. The van der Waals surface area contributed by atoms with Crippen LogP contribution in [0.4, 0.5) is 4.79 Å². The zero-order valence-electron chi connectivity index (χ0n) is 17.2. The number of hydrogen-bond acceptors (Lipinski definition) is 4. The number of alkyl carbamates (subject to hydrolysis) is 1. The van der Waals surface area contributed by atoms with Crippen LogP contribution in [0.1, 0.15) is 38.3 Å². The van der Waals surface area contributed by atoms with E-state index in [0.29, 0.717) is 19.3 Å². The minimum absolute atomic E-state index is 0.0390. The molecule has 1 aliphatic heterocycles. The quantitative estimate of drug-likeness (QED) is 0.728. The fourth-order valence-corrected chi connectivity index (χ4v) is 3.42. The summed E-state index contributed by atoms with van der Waals surface area (Å²) in [4.78, 5) is 12.4. The molecule has 0 fully saturated rings. The SMILES string of the molecule is CC(C)(C)OC(=O)N[C@@H](Cc1ccccc1)[C@@H]1CC(Cc2ccccc2)=C(O)O1. The van der Waals surface area contributed by atoms with Crippen molar-refractivity contribution in [3.05, 3.63) is 83.3 Å². The molecule has 1 aliphatic rings. The van der Waals surface area contributed by atoms with Crippen LogP contribution in [0.25, 0.3) is 0 Å². The van der Waals surface area contributed by atoms with Crippen LogP contribution in [-0.4, -0.2) is 28.9 Å². The second-order valence-corrected chi connectivity index (χ2v) is 8.37. The Hall–Kier alpha value is -2.95. The van der Waals surface area contributed by atoms with E-state index in [-0.39, 0.29) is 18.1 Å². The average Bonchev–Trinajstić information content (AvgIpc) is 3.02. The normalized spacial score (nSPS) is 17.6. The Kier molecular flexibility index (Phi) is 6.47. The first-order valence-corrected chi connectivity index (χ1v) is 9.95. The maximum absolute atomic E-state index is 12.4.